The Balaban J connectivity index is 2.29. The van der Waals surface area contributed by atoms with Crippen LogP contribution in [0.1, 0.15) is 32.1 Å². The topological polar surface area (TPSA) is 55.1 Å². The average molecular weight is 217 g/mol. The molecule has 0 aliphatic heterocycles. The number of amides is 1. The van der Waals surface area contributed by atoms with Crippen LogP contribution in [0.25, 0.3) is 0 Å². The molecule has 1 rings (SSSR count). The zero-order chi connectivity index (χ0) is 10.6. The van der Waals surface area contributed by atoms with Gasteiger partial charge in [0.2, 0.25) is 5.91 Å². The van der Waals surface area contributed by atoms with E-state index in [0.29, 0.717) is 18.0 Å². The normalized spacial score (nSPS) is 19.3. The van der Waals surface area contributed by atoms with Crippen molar-refractivity contribution in [2.75, 3.05) is 6.54 Å². The van der Waals surface area contributed by atoms with Crippen molar-refractivity contribution in [1.82, 2.24) is 5.32 Å². The second-order valence-electron chi connectivity index (χ2n) is 4.04. The predicted octanol–water partition coefficient (Wildman–Crippen LogP) is 1.52. The Morgan fingerprint density at radius 3 is 2.57 bits per heavy atom. The SMILES string of the molecule is C=C(Cl)CNC(=O)CC1(N)CCCC1. The van der Waals surface area contributed by atoms with Crippen LogP contribution in [0.5, 0.6) is 0 Å². The van der Waals surface area contributed by atoms with Gasteiger partial charge in [0.1, 0.15) is 0 Å². The molecular formula is C10H17ClN2O. The molecule has 0 spiro atoms. The van der Waals surface area contributed by atoms with Crippen LogP contribution < -0.4 is 11.1 Å². The number of rotatable bonds is 4. The van der Waals surface area contributed by atoms with E-state index in [0.717, 1.165) is 25.7 Å². The Morgan fingerprint density at radius 1 is 1.50 bits per heavy atom. The van der Waals surface area contributed by atoms with Gasteiger partial charge in [0.05, 0.1) is 6.54 Å². The lowest BCUT2D eigenvalue weighted by molar-refractivity contribution is -0.122. The second-order valence-corrected chi connectivity index (χ2v) is 4.57. The third-order valence-electron chi connectivity index (χ3n) is 2.59. The highest BCUT2D eigenvalue weighted by molar-refractivity contribution is 6.29. The highest BCUT2D eigenvalue weighted by Gasteiger charge is 2.31. The van der Waals surface area contributed by atoms with Gasteiger partial charge in [-0.2, -0.15) is 0 Å². The highest BCUT2D eigenvalue weighted by atomic mass is 35.5. The van der Waals surface area contributed by atoms with Gasteiger partial charge in [-0.15, -0.1) is 0 Å². The van der Waals surface area contributed by atoms with Crippen LogP contribution in [0.3, 0.4) is 0 Å². The van der Waals surface area contributed by atoms with Crippen LogP contribution >= 0.6 is 11.6 Å². The molecule has 1 saturated carbocycles. The number of carbonyl (C=O) groups excluding carboxylic acids is 1. The molecule has 14 heavy (non-hydrogen) atoms. The molecule has 0 aromatic rings. The zero-order valence-corrected chi connectivity index (χ0v) is 9.07. The van der Waals surface area contributed by atoms with E-state index in [1.807, 2.05) is 0 Å². The molecule has 0 radical (unpaired) electrons. The zero-order valence-electron chi connectivity index (χ0n) is 8.31. The Bertz CT molecular complexity index is 234. The van der Waals surface area contributed by atoms with Crippen molar-refractivity contribution in [3.8, 4) is 0 Å². The fourth-order valence-electron chi connectivity index (χ4n) is 1.83. The molecule has 1 fully saturated rings. The van der Waals surface area contributed by atoms with Gasteiger partial charge in [0.15, 0.2) is 0 Å². The lowest BCUT2D eigenvalue weighted by Crippen LogP contribution is -2.42. The molecule has 0 unspecified atom stereocenters. The summed E-state index contributed by atoms with van der Waals surface area (Å²) in [6, 6.07) is 0. The van der Waals surface area contributed by atoms with E-state index in [1.165, 1.54) is 0 Å². The summed E-state index contributed by atoms with van der Waals surface area (Å²) in [5.41, 5.74) is 5.77. The molecule has 80 valence electrons. The maximum absolute atomic E-state index is 11.4. The van der Waals surface area contributed by atoms with Crippen LogP contribution in [0.2, 0.25) is 0 Å². The van der Waals surface area contributed by atoms with Crippen molar-refractivity contribution in [1.29, 1.82) is 0 Å². The van der Waals surface area contributed by atoms with Gasteiger partial charge in [0, 0.05) is 17.0 Å². The van der Waals surface area contributed by atoms with E-state index >= 15 is 0 Å². The third-order valence-corrected chi connectivity index (χ3v) is 2.72. The summed E-state index contributed by atoms with van der Waals surface area (Å²) in [4.78, 5) is 11.4. The van der Waals surface area contributed by atoms with E-state index in [2.05, 4.69) is 11.9 Å². The Kier molecular flexibility index (Phi) is 3.96. The minimum absolute atomic E-state index is 0.0313. The summed E-state index contributed by atoms with van der Waals surface area (Å²) >= 11 is 5.53. The summed E-state index contributed by atoms with van der Waals surface area (Å²) < 4.78 is 0. The lowest BCUT2D eigenvalue weighted by Gasteiger charge is -2.22. The van der Waals surface area contributed by atoms with Gasteiger partial charge in [-0.25, -0.2) is 0 Å². The summed E-state index contributed by atoms with van der Waals surface area (Å²) in [5.74, 6) is -0.0313. The smallest absolute Gasteiger partial charge is 0.222 e. The van der Waals surface area contributed by atoms with Crippen molar-refractivity contribution in [2.45, 2.75) is 37.6 Å². The highest BCUT2D eigenvalue weighted by Crippen LogP contribution is 2.29. The lowest BCUT2D eigenvalue weighted by atomic mass is 9.94. The Labute approximate surface area is 89.7 Å². The average Bonchev–Trinajstić information content (AvgIpc) is 2.48. The van der Waals surface area contributed by atoms with Crippen molar-refractivity contribution in [3.63, 3.8) is 0 Å². The molecule has 1 aliphatic carbocycles. The number of nitrogens with two attached hydrogens (primary N) is 1. The third kappa shape index (κ3) is 3.68. The first kappa shape index (κ1) is 11.5. The van der Waals surface area contributed by atoms with E-state index in [4.69, 9.17) is 17.3 Å². The predicted molar refractivity (Wildman–Crippen MR) is 58.0 cm³/mol. The molecule has 4 heteroatoms. The van der Waals surface area contributed by atoms with E-state index in [9.17, 15) is 4.79 Å². The molecular weight excluding hydrogens is 200 g/mol. The van der Waals surface area contributed by atoms with Crippen molar-refractivity contribution in [2.24, 2.45) is 5.73 Å². The number of carbonyl (C=O) groups is 1. The first-order valence-corrected chi connectivity index (χ1v) is 5.28. The summed E-state index contributed by atoms with van der Waals surface area (Å²) in [7, 11) is 0. The van der Waals surface area contributed by atoms with Crippen LogP contribution in [0.15, 0.2) is 11.6 Å². The monoisotopic (exact) mass is 216 g/mol. The first-order valence-electron chi connectivity index (χ1n) is 4.91. The number of hydrogen-bond donors (Lipinski definition) is 2. The number of halogens is 1. The van der Waals surface area contributed by atoms with Crippen LogP contribution in [-0.2, 0) is 4.79 Å². The molecule has 0 bridgehead atoms. The molecule has 0 atom stereocenters. The van der Waals surface area contributed by atoms with Gasteiger partial charge in [-0.05, 0) is 12.8 Å². The molecule has 1 aliphatic rings. The minimum Gasteiger partial charge on any atom is -0.351 e. The molecule has 0 aromatic carbocycles. The second kappa shape index (κ2) is 4.80. The molecule has 0 saturated heterocycles. The molecule has 0 aromatic heterocycles. The van der Waals surface area contributed by atoms with Gasteiger partial charge in [0.25, 0.3) is 0 Å². The molecule has 1 amide bonds. The molecule has 3 nitrogen and oxygen atoms in total. The van der Waals surface area contributed by atoms with Crippen LogP contribution in [0, 0.1) is 0 Å². The van der Waals surface area contributed by atoms with E-state index in [1.54, 1.807) is 0 Å². The van der Waals surface area contributed by atoms with Gasteiger partial charge < -0.3 is 11.1 Å². The Morgan fingerprint density at radius 2 is 2.07 bits per heavy atom. The van der Waals surface area contributed by atoms with Gasteiger partial charge in [-0.3, -0.25) is 4.79 Å². The maximum Gasteiger partial charge on any atom is 0.222 e. The largest absolute Gasteiger partial charge is 0.351 e. The fourth-order valence-corrected chi connectivity index (χ4v) is 1.90. The quantitative estimate of drug-likeness (QED) is 0.749. The maximum atomic E-state index is 11.4. The van der Waals surface area contributed by atoms with E-state index in [-0.39, 0.29) is 11.4 Å². The fraction of sp³-hybridized carbons (Fsp3) is 0.700. The van der Waals surface area contributed by atoms with E-state index < -0.39 is 0 Å². The van der Waals surface area contributed by atoms with Crippen molar-refractivity contribution in [3.05, 3.63) is 11.6 Å². The standard InChI is InChI=1S/C10H17ClN2O/c1-8(11)7-13-9(14)6-10(12)4-2-3-5-10/h1-7,12H2,(H,13,14). The summed E-state index contributed by atoms with van der Waals surface area (Å²) in [5, 5.41) is 3.12. The van der Waals surface area contributed by atoms with Gasteiger partial charge in [-0.1, -0.05) is 31.0 Å². The summed E-state index contributed by atoms with van der Waals surface area (Å²) in [6.45, 7) is 3.83. The number of nitrogens with one attached hydrogen (secondary N) is 1. The minimum atomic E-state index is -0.280. The molecule has 0 heterocycles. The molecule has 3 N–H and O–H groups in total. The van der Waals surface area contributed by atoms with Gasteiger partial charge >= 0.3 is 0 Å². The van der Waals surface area contributed by atoms with Crippen molar-refractivity contribution >= 4 is 17.5 Å². The van der Waals surface area contributed by atoms with Crippen molar-refractivity contribution < 1.29 is 4.79 Å². The van der Waals surface area contributed by atoms with Crippen LogP contribution in [0.4, 0.5) is 0 Å². The first-order chi connectivity index (χ1) is 6.52. The van der Waals surface area contributed by atoms with Crippen LogP contribution in [-0.4, -0.2) is 18.0 Å². The number of hydrogen-bond acceptors (Lipinski definition) is 2. The Hall–Kier alpha value is -0.540. The summed E-state index contributed by atoms with van der Waals surface area (Å²) in [6.07, 6.45) is 4.56.